The fraction of sp³-hybridized carbons (Fsp3) is 0.385. The van der Waals surface area contributed by atoms with Crippen molar-refractivity contribution in [2.75, 3.05) is 12.3 Å². The van der Waals surface area contributed by atoms with Crippen molar-refractivity contribution >= 4 is 34.4 Å². The molecule has 0 aliphatic carbocycles. The maximum absolute atomic E-state index is 6.17. The molecule has 94 valence electrons. The van der Waals surface area contributed by atoms with Gasteiger partial charge in [0.25, 0.3) is 0 Å². The summed E-state index contributed by atoms with van der Waals surface area (Å²) in [4.78, 5) is 8.96. The summed E-state index contributed by atoms with van der Waals surface area (Å²) in [6.45, 7) is 1.13. The van der Waals surface area contributed by atoms with Crippen molar-refractivity contribution < 1.29 is 0 Å². The van der Waals surface area contributed by atoms with Gasteiger partial charge in [0.1, 0.15) is 5.03 Å². The molecule has 0 bridgehead atoms. The lowest BCUT2D eigenvalue weighted by atomic mass is 10.3. The third kappa shape index (κ3) is 2.60. The van der Waals surface area contributed by atoms with Crippen molar-refractivity contribution in [3.05, 3.63) is 29.4 Å². The van der Waals surface area contributed by atoms with E-state index in [1.807, 2.05) is 24.3 Å². The normalized spacial score (nSPS) is 19.5. The Bertz CT molecular complexity index is 555. The lowest BCUT2D eigenvalue weighted by molar-refractivity contribution is 0.673. The molecule has 5 heteroatoms. The summed E-state index contributed by atoms with van der Waals surface area (Å²) in [6, 6.07) is 8.40. The molecule has 1 aliphatic heterocycles. The Morgan fingerprint density at radius 1 is 1.28 bits per heavy atom. The van der Waals surface area contributed by atoms with Gasteiger partial charge in [-0.15, -0.1) is 11.8 Å². The Labute approximate surface area is 115 Å². The first-order valence-electron chi connectivity index (χ1n) is 6.11. The standard InChI is InChI=1S/C13H14ClN3S/c14-12-13(18-8-9-4-3-7-15-9)17-11-6-2-1-5-10(11)16-12/h1-2,5-6,9,15H,3-4,7-8H2/t9-/m1/s1. The highest BCUT2D eigenvalue weighted by molar-refractivity contribution is 7.99. The van der Waals surface area contributed by atoms with Crippen molar-refractivity contribution in [1.82, 2.24) is 15.3 Å². The molecule has 2 heterocycles. The Hall–Kier alpha value is -0.840. The SMILES string of the molecule is Clc1nc2ccccc2nc1SC[C@H]1CCCN1. The van der Waals surface area contributed by atoms with Crippen LogP contribution in [0.3, 0.4) is 0 Å². The number of hydrogen-bond donors (Lipinski definition) is 1. The van der Waals surface area contributed by atoms with Gasteiger partial charge < -0.3 is 5.32 Å². The van der Waals surface area contributed by atoms with E-state index in [0.717, 1.165) is 28.4 Å². The molecule has 1 atom stereocenters. The molecule has 1 fully saturated rings. The molecule has 1 aromatic carbocycles. The maximum Gasteiger partial charge on any atom is 0.161 e. The Balaban J connectivity index is 1.80. The molecule has 0 saturated carbocycles. The average Bonchev–Trinajstić information content (AvgIpc) is 2.89. The zero-order valence-corrected chi connectivity index (χ0v) is 11.5. The van der Waals surface area contributed by atoms with Crippen molar-refractivity contribution in [2.24, 2.45) is 0 Å². The van der Waals surface area contributed by atoms with Crippen molar-refractivity contribution in [3.63, 3.8) is 0 Å². The molecule has 1 aromatic heterocycles. The lowest BCUT2D eigenvalue weighted by Crippen LogP contribution is -2.23. The highest BCUT2D eigenvalue weighted by Gasteiger charge is 2.16. The zero-order valence-electron chi connectivity index (χ0n) is 9.90. The average molecular weight is 280 g/mol. The van der Waals surface area contributed by atoms with Crippen LogP contribution >= 0.6 is 23.4 Å². The molecular weight excluding hydrogens is 266 g/mol. The number of aromatic nitrogens is 2. The first kappa shape index (κ1) is 12.2. The van der Waals surface area contributed by atoms with E-state index in [9.17, 15) is 0 Å². The summed E-state index contributed by atoms with van der Waals surface area (Å²) in [7, 11) is 0. The van der Waals surface area contributed by atoms with E-state index in [2.05, 4.69) is 15.3 Å². The summed E-state index contributed by atoms with van der Waals surface area (Å²) < 4.78 is 0. The second-order valence-corrected chi connectivity index (χ2v) is 5.78. The molecule has 1 aliphatic rings. The van der Waals surface area contributed by atoms with Gasteiger partial charge >= 0.3 is 0 Å². The number of para-hydroxylation sites is 2. The minimum absolute atomic E-state index is 0.511. The van der Waals surface area contributed by atoms with Crippen LogP contribution in [-0.4, -0.2) is 28.3 Å². The van der Waals surface area contributed by atoms with Crippen LogP contribution in [0, 0.1) is 0 Å². The first-order valence-corrected chi connectivity index (χ1v) is 7.48. The third-order valence-electron chi connectivity index (χ3n) is 3.08. The molecule has 1 N–H and O–H groups in total. The zero-order chi connectivity index (χ0) is 12.4. The van der Waals surface area contributed by atoms with E-state index in [0.29, 0.717) is 11.2 Å². The van der Waals surface area contributed by atoms with Crippen molar-refractivity contribution in [1.29, 1.82) is 0 Å². The highest BCUT2D eigenvalue weighted by Crippen LogP contribution is 2.27. The van der Waals surface area contributed by atoms with Gasteiger partial charge in [-0.1, -0.05) is 23.7 Å². The van der Waals surface area contributed by atoms with Gasteiger partial charge in [0.2, 0.25) is 0 Å². The van der Waals surface area contributed by atoms with Crippen molar-refractivity contribution in [2.45, 2.75) is 23.9 Å². The van der Waals surface area contributed by atoms with Gasteiger partial charge in [-0.3, -0.25) is 0 Å². The molecule has 0 spiro atoms. The van der Waals surface area contributed by atoms with Crippen molar-refractivity contribution in [3.8, 4) is 0 Å². The molecule has 1 saturated heterocycles. The number of nitrogens with one attached hydrogen (secondary N) is 1. The number of hydrogen-bond acceptors (Lipinski definition) is 4. The Morgan fingerprint density at radius 3 is 2.78 bits per heavy atom. The molecule has 18 heavy (non-hydrogen) atoms. The van der Waals surface area contributed by atoms with Crippen LogP contribution in [0.25, 0.3) is 11.0 Å². The summed E-state index contributed by atoms with van der Waals surface area (Å²) in [5.41, 5.74) is 1.76. The van der Waals surface area contributed by atoms with Crippen LogP contribution in [0.4, 0.5) is 0 Å². The van der Waals surface area contributed by atoms with E-state index >= 15 is 0 Å². The third-order valence-corrected chi connectivity index (χ3v) is 4.59. The van der Waals surface area contributed by atoms with Gasteiger partial charge in [-0.05, 0) is 31.5 Å². The van der Waals surface area contributed by atoms with Crippen LogP contribution in [0.1, 0.15) is 12.8 Å². The van der Waals surface area contributed by atoms with Gasteiger partial charge in [-0.2, -0.15) is 0 Å². The largest absolute Gasteiger partial charge is 0.313 e. The number of halogens is 1. The fourth-order valence-corrected chi connectivity index (χ4v) is 3.40. The quantitative estimate of drug-likeness (QED) is 0.876. The second-order valence-electron chi connectivity index (χ2n) is 4.41. The summed E-state index contributed by atoms with van der Waals surface area (Å²) in [5, 5.41) is 4.82. The van der Waals surface area contributed by atoms with Gasteiger partial charge in [0.05, 0.1) is 11.0 Å². The monoisotopic (exact) mass is 279 g/mol. The number of rotatable bonds is 3. The highest BCUT2D eigenvalue weighted by atomic mass is 35.5. The lowest BCUT2D eigenvalue weighted by Gasteiger charge is -2.09. The summed E-state index contributed by atoms with van der Waals surface area (Å²) in [5.74, 6) is 1.01. The number of nitrogens with zero attached hydrogens (tertiary/aromatic N) is 2. The predicted molar refractivity (Wildman–Crippen MR) is 76.3 cm³/mol. The van der Waals surface area contributed by atoms with E-state index < -0.39 is 0 Å². The molecule has 2 aromatic rings. The minimum Gasteiger partial charge on any atom is -0.313 e. The van der Waals surface area contributed by atoms with Gasteiger partial charge in [0, 0.05) is 11.8 Å². The first-order chi connectivity index (χ1) is 8.83. The molecule has 0 unspecified atom stereocenters. The fourth-order valence-electron chi connectivity index (χ4n) is 2.13. The van der Waals surface area contributed by atoms with Crippen LogP contribution in [0.2, 0.25) is 5.15 Å². The van der Waals surface area contributed by atoms with E-state index in [1.54, 1.807) is 11.8 Å². The molecular formula is C13H14ClN3S. The van der Waals surface area contributed by atoms with Crippen LogP contribution in [0.5, 0.6) is 0 Å². The van der Waals surface area contributed by atoms with Gasteiger partial charge in [-0.25, -0.2) is 9.97 Å². The van der Waals surface area contributed by atoms with Crippen LogP contribution in [-0.2, 0) is 0 Å². The second kappa shape index (κ2) is 5.43. The molecule has 0 amide bonds. The number of fused-ring (bicyclic) bond motifs is 1. The summed E-state index contributed by atoms with van der Waals surface area (Å²) >= 11 is 7.86. The van der Waals surface area contributed by atoms with E-state index in [4.69, 9.17) is 11.6 Å². The number of benzene rings is 1. The van der Waals surface area contributed by atoms with E-state index in [1.165, 1.54) is 12.8 Å². The number of thioether (sulfide) groups is 1. The smallest absolute Gasteiger partial charge is 0.161 e. The topological polar surface area (TPSA) is 37.8 Å². The van der Waals surface area contributed by atoms with E-state index in [-0.39, 0.29) is 0 Å². The predicted octanol–water partition coefficient (Wildman–Crippen LogP) is 3.13. The summed E-state index contributed by atoms with van der Waals surface area (Å²) in [6.07, 6.45) is 2.51. The Morgan fingerprint density at radius 2 is 2.06 bits per heavy atom. The minimum atomic E-state index is 0.511. The van der Waals surface area contributed by atoms with Gasteiger partial charge in [0.15, 0.2) is 5.15 Å². The molecule has 3 rings (SSSR count). The molecule has 3 nitrogen and oxygen atoms in total. The van der Waals surface area contributed by atoms with Crippen LogP contribution in [0.15, 0.2) is 29.3 Å². The Kier molecular flexibility index (Phi) is 3.68. The maximum atomic E-state index is 6.17. The molecule has 0 radical (unpaired) electrons. The van der Waals surface area contributed by atoms with Crippen LogP contribution < -0.4 is 5.32 Å².